The maximum Gasteiger partial charge on any atom is 0.339 e. The van der Waals surface area contributed by atoms with Gasteiger partial charge in [-0.3, -0.25) is 4.99 Å². The second kappa shape index (κ2) is 8.66. The van der Waals surface area contributed by atoms with Crippen molar-refractivity contribution < 1.29 is 12.6 Å². The minimum absolute atomic E-state index is 0.0193. The Balaban J connectivity index is 1.81. The molecule has 0 aliphatic heterocycles. The number of hydrogen-bond donors (Lipinski definition) is 0. The molecule has 0 bridgehead atoms. The summed E-state index contributed by atoms with van der Waals surface area (Å²) in [6.45, 7) is 1.94. The maximum absolute atomic E-state index is 12.4. The third-order valence-electron chi connectivity index (χ3n) is 3.78. The summed E-state index contributed by atoms with van der Waals surface area (Å²) in [7, 11) is -3.97. The fourth-order valence-corrected chi connectivity index (χ4v) is 4.12. The third kappa shape index (κ3) is 5.14. The molecule has 0 saturated carbocycles. The molecule has 0 aliphatic carbocycles. The summed E-state index contributed by atoms with van der Waals surface area (Å²) < 4.78 is 30.5. The van der Waals surface area contributed by atoms with Gasteiger partial charge in [0.2, 0.25) is 0 Å². The maximum atomic E-state index is 12.4. The molecule has 0 fully saturated rings. The molecule has 0 amide bonds. The molecule has 28 heavy (non-hydrogen) atoms. The Morgan fingerprint density at radius 2 is 1.64 bits per heavy atom. The first-order valence-electron chi connectivity index (χ1n) is 8.04. The van der Waals surface area contributed by atoms with Crippen molar-refractivity contribution in [2.45, 2.75) is 11.8 Å². The molecule has 8 heteroatoms. The Morgan fingerprint density at radius 3 is 2.32 bits per heavy atom. The monoisotopic (exact) mass is 497 g/mol. The van der Waals surface area contributed by atoms with Gasteiger partial charge in [0.25, 0.3) is 0 Å². The predicted octanol–water partition coefficient (Wildman–Crippen LogP) is 6.58. The average molecular weight is 499 g/mol. The number of benzene rings is 3. The molecule has 0 aromatic heterocycles. The van der Waals surface area contributed by atoms with Gasteiger partial charge in [-0.05, 0) is 88.6 Å². The fourth-order valence-electron chi connectivity index (χ4n) is 2.30. The predicted molar refractivity (Wildman–Crippen MR) is 117 cm³/mol. The molecule has 3 rings (SSSR count). The minimum atomic E-state index is -3.97. The number of nitrogens with zero attached hydrogens (tertiary/aromatic N) is 1. The van der Waals surface area contributed by atoms with E-state index in [0.717, 1.165) is 16.8 Å². The molecule has 4 nitrogen and oxygen atoms in total. The van der Waals surface area contributed by atoms with E-state index in [1.54, 1.807) is 36.5 Å². The first-order chi connectivity index (χ1) is 13.2. The van der Waals surface area contributed by atoms with Crippen LogP contribution in [0, 0.1) is 6.92 Å². The Morgan fingerprint density at radius 1 is 0.964 bits per heavy atom. The molecular weight excluding hydrogens is 485 g/mol. The Labute approximate surface area is 182 Å². The first-order valence-corrected chi connectivity index (χ1v) is 11.0. The van der Waals surface area contributed by atoms with Gasteiger partial charge in [0.15, 0.2) is 5.75 Å². The molecule has 0 unspecified atom stereocenters. The molecule has 0 heterocycles. The molecule has 0 atom stereocenters. The summed E-state index contributed by atoms with van der Waals surface area (Å²) in [4.78, 5) is 4.46. The molecule has 0 radical (unpaired) electrons. The zero-order valence-corrected chi connectivity index (χ0v) is 18.5. The highest BCUT2D eigenvalue weighted by molar-refractivity contribution is 9.10. The highest BCUT2D eigenvalue weighted by Gasteiger charge is 2.18. The van der Waals surface area contributed by atoms with Crippen LogP contribution in [0.25, 0.3) is 0 Å². The largest absolute Gasteiger partial charge is 0.378 e. The van der Waals surface area contributed by atoms with Crippen LogP contribution in [0.3, 0.4) is 0 Å². The molecular formula is C20H14BrCl2NO3S. The molecule has 3 aromatic rings. The van der Waals surface area contributed by atoms with Crippen molar-refractivity contribution in [1.82, 2.24) is 0 Å². The van der Waals surface area contributed by atoms with Gasteiger partial charge in [-0.2, -0.15) is 8.42 Å². The van der Waals surface area contributed by atoms with Crippen molar-refractivity contribution in [2.24, 2.45) is 4.99 Å². The van der Waals surface area contributed by atoms with E-state index >= 15 is 0 Å². The van der Waals surface area contributed by atoms with Crippen LogP contribution in [0.4, 0.5) is 5.69 Å². The number of aliphatic imine (C=N–C) groups is 1. The lowest BCUT2D eigenvalue weighted by Crippen LogP contribution is -2.10. The number of rotatable bonds is 5. The number of aryl methyl sites for hydroxylation is 1. The number of halogens is 3. The summed E-state index contributed by atoms with van der Waals surface area (Å²) in [5.74, 6) is 0.172. The summed E-state index contributed by atoms with van der Waals surface area (Å²) >= 11 is 15.1. The fraction of sp³-hybridized carbons (Fsp3) is 0.0500. The van der Waals surface area contributed by atoms with Crippen molar-refractivity contribution >= 4 is 61.2 Å². The second-order valence-corrected chi connectivity index (χ2v) is 9.14. The van der Waals surface area contributed by atoms with E-state index in [1.807, 2.05) is 13.0 Å². The highest BCUT2D eigenvalue weighted by atomic mass is 79.9. The molecule has 144 valence electrons. The van der Waals surface area contributed by atoms with Gasteiger partial charge in [-0.1, -0.05) is 29.3 Å². The normalized spacial score (nSPS) is 11.7. The smallest absolute Gasteiger partial charge is 0.339 e. The summed E-state index contributed by atoms with van der Waals surface area (Å²) in [6.07, 6.45) is 1.67. The minimum Gasteiger partial charge on any atom is -0.378 e. The van der Waals surface area contributed by atoms with E-state index in [-0.39, 0.29) is 10.6 Å². The van der Waals surface area contributed by atoms with E-state index in [1.165, 1.54) is 24.3 Å². The van der Waals surface area contributed by atoms with Crippen molar-refractivity contribution in [3.05, 3.63) is 86.3 Å². The van der Waals surface area contributed by atoms with E-state index in [0.29, 0.717) is 14.5 Å². The van der Waals surface area contributed by atoms with Crippen LogP contribution >= 0.6 is 39.1 Å². The SMILES string of the molecule is Cc1ccc(Cl)cc1N=Cc1ccc(OS(=O)(=O)c2ccc(Cl)cc2)c(Br)c1. The van der Waals surface area contributed by atoms with Crippen LogP contribution in [0.2, 0.25) is 10.0 Å². The van der Waals surface area contributed by atoms with Gasteiger partial charge in [-0.15, -0.1) is 0 Å². The van der Waals surface area contributed by atoms with Gasteiger partial charge in [0.05, 0.1) is 10.2 Å². The summed E-state index contributed by atoms with van der Waals surface area (Å²) in [6, 6.07) is 16.2. The highest BCUT2D eigenvalue weighted by Crippen LogP contribution is 2.29. The number of hydrogen-bond acceptors (Lipinski definition) is 4. The van der Waals surface area contributed by atoms with Crippen LogP contribution in [-0.2, 0) is 10.1 Å². The van der Waals surface area contributed by atoms with Gasteiger partial charge >= 0.3 is 10.1 Å². The molecule has 3 aromatic carbocycles. The average Bonchev–Trinajstić information content (AvgIpc) is 2.65. The third-order valence-corrected chi connectivity index (χ3v) is 6.14. The van der Waals surface area contributed by atoms with Crippen molar-refractivity contribution in [3.8, 4) is 5.75 Å². The van der Waals surface area contributed by atoms with Crippen LogP contribution in [-0.4, -0.2) is 14.6 Å². The van der Waals surface area contributed by atoms with E-state index in [9.17, 15) is 8.42 Å². The molecule has 0 saturated heterocycles. The standard InChI is InChI=1S/C20H14BrCl2NO3S/c1-13-2-4-16(23)11-19(13)24-12-14-3-9-20(18(21)10-14)27-28(25,26)17-7-5-15(22)6-8-17/h2-12H,1H3. The molecule has 0 N–H and O–H groups in total. The van der Waals surface area contributed by atoms with Gasteiger partial charge in [-0.25, -0.2) is 0 Å². The van der Waals surface area contributed by atoms with Crippen molar-refractivity contribution in [2.75, 3.05) is 0 Å². The Bertz CT molecular complexity index is 1150. The Hall–Kier alpha value is -1.86. The summed E-state index contributed by atoms with van der Waals surface area (Å²) in [5.41, 5.74) is 2.52. The topological polar surface area (TPSA) is 55.7 Å². The van der Waals surface area contributed by atoms with Gasteiger partial charge < -0.3 is 4.18 Å². The summed E-state index contributed by atoms with van der Waals surface area (Å²) in [5, 5.41) is 1.05. The zero-order chi connectivity index (χ0) is 20.3. The van der Waals surface area contributed by atoms with E-state index in [2.05, 4.69) is 20.9 Å². The molecule has 0 aliphatic rings. The molecule has 0 spiro atoms. The van der Waals surface area contributed by atoms with E-state index in [4.69, 9.17) is 27.4 Å². The zero-order valence-electron chi connectivity index (χ0n) is 14.6. The van der Waals surface area contributed by atoms with Crippen molar-refractivity contribution in [1.29, 1.82) is 0 Å². The van der Waals surface area contributed by atoms with Gasteiger partial charge in [0.1, 0.15) is 4.90 Å². The Kier molecular flexibility index (Phi) is 6.45. The lowest BCUT2D eigenvalue weighted by Gasteiger charge is -2.09. The van der Waals surface area contributed by atoms with E-state index < -0.39 is 10.1 Å². The van der Waals surface area contributed by atoms with Crippen LogP contribution in [0.15, 0.2) is 75.0 Å². The van der Waals surface area contributed by atoms with Gasteiger partial charge in [0, 0.05) is 16.3 Å². The first kappa shape index (κ1) is 20.9. The van der Waals surface area contributed by atoms with Crippen LogP contribution in [0.1, 0.15) is 11.1 Å². The van der Waals surface area contributed by atoms with Crippen LogP contribution < -0.4 is 4.18 Å². The second-order valence-electron chi connectivity index (χ2n) is 5.87. The lowest BCUT2D eigenvalue weighted by atomic mass is 10.2. The van der Waals surface area contributed by atoms with Crippen molar-refractivity contribution in [3.63, 3.8) is 0 Å². The quantitative estimate of drug-likeness (QED) is 0.294. The van der Waals surface area contributed by atoms with Crippen LogP contribution in [0.5, 0.6) is 5.75 Å². The lowest BCUT2D eigenvalue weighted by molar-refractivity contribution is 0.484.